The van der Waals surface area contributed by atoms with Crippen LogP contribution in [0.1, 0.15) is 26.4 Å². The monoisotopic (exact) mass is 414 g/mol. The lowest BCUT2D eigenvalue weighted by atomic mass is 10.1. The molecule has 7 heteroatoms. The van der Waals surface area contributed by atoms with Crippen LogP contribution in [0.2, 0.25) is 0 Å². The Kier molecular flexibility index (Phi) is 5.86. The fourth-order valence-electron chi connectivity index (χ4n) is 2.80. The molecule has 1 amide bonds. The second-order valence-corrected chi connectivity index (χ2v) is 9.35. The van der Waals surface area contributed by atoms with Crippen molar-refractivity contribution in [2.45, 2.75) is 25.3 Å². The minimum Gasteiger partial charge on any atom is -0.337 e. The van der Waals surface area contributed by atoms with E-state index in [0.717, 1.165) is 16.0 Å². The average molecular weight is 415 g/mol. The summed E-state index contributed by atoms with van der Waals surface area (Å²) in [5.41, 5.74) is 2.46. The van der Waals surface area contributed by atoms with Crippen LogP contribution in [0.5, 0.6) is 0 Å². The Morgan fingerprint density at radius 1 is 1.04 bits per heavy atom. The van der Waals surface area contributed by atoms with E-state index in [1.807, 2.05) is 36.6 Å². The molecule has 0 radical (unpaired) electrons. The standard InChI is InChI=1S/C21H22N2O3S2/c1-15-10-11-18(28(25,26)22-20-9-5-4-7-16(20)2)13-19(15)21(24)23(3)14-17-8-6-12-27-17/h4-13,22H,14H2,1-3H3. The van der Waals surface area contributed by atoms with Crippen LogP contribution in [0.3, 0.4) is 0 Å². The van der Waals surface area contributed by atoms with E-state index >= 15 is 0 Å². The molecule has 3 aromatic rings. The second kappa shape index (κ2) is 8.16. The first-order valence-electron chi connectivity index (χ1n) is 8.75. The Bertz CT molecular complexity index is 1090. The number of benzene rings is 2. The third-order valence-electron chi connectivity index (χ3n) is 4.46. The van der Waals surface area contributed by atoms with Crippen molar-refractivity contribution in [1.29, 1.82) is 0 Å². The summed E-state index contributed by atoms with van der Waals surface area (Å²) < 4.78 is 28.3. The Hall–Kier alpha value is -2.64. The summed E-state index contributed by atoms with van der Waals surface area (Å²) >= 11 is 1.58. The van der Waals surface area contributed by atoms with Crippen LogP contribution in [0, 0.1) is 13.8 Å². The van der Waals surface area contributed by atoms with Gasteiger partial charge in [-0.25, -0.2) is 8.42 Å². The zero-order valence-electron chi connectivity index (χ0n) is 16.0. The maximum Gasteiger partial charge on any atom is 0.261 e. The molecule has 0 aliphatic carbocycles. The Balaban J connectivity index is 1.88. The third kappa shape index (κ3) is 4.43. The van der Waals surface area contributed by atoms with Gasteiger partial charge in [0.05, 0.1) is 17.1 Å². The smallest absolute Gasteiger partial charge is 0.261 e. The lowest BCUT2D eigenvalue weighted by molar-refractivity contribution is 0.0785. The van der Waals surface area contributed by atoms with Gasteiger partial charge in [0, 0.05) is 17.5 Å². The molecule has 5 nitrogen and oxygen atoms in total. The molecule has 1 heterocycles. The molecule has 0 bridgehead atoms. The van der Waals surface area contributed by atoms with Crippen molar-refractivity contribution in [2.75, 3.05) is 11.8 Å². The van der Waals surface area contributed by atoms with E-state index in [4.69, 9.17) is 0 Å². The molecule has 0 aliphatic heterocycles. The molecular weight excluding hydrogens is 392 g/mol. The molecule has 0 saturated carbocycles. The van der Waals surface area contributed by atoms with E-state index in [2.05, 4.69) is 4.72 Å². The van der Waals surface area contributed by atoms with Gasteiger partial charge in [-0.2, -0.15) is 0 Å². The Labute approximate surface area is 169 Å². The van der Waals surface area contributed by atoms with Gasteiger partial charge < -0.3 is 4.90 Å². The fourth-order valence-corrected chi connectivity index (χ4v) is 4.72. The Morgan fingerprint density at radius 3 is 2.46 bits per heavy atom. The number of thiophene rings is 1. The van der Waals surface area contributed by atoms with Crippen molar-refractivity contribution in [3.8, 4) is 0 Å². The number of hydrogen-bond acceptors (Lipinski definition) is 4. The summed E-state index contributed by atoms with van der Waals surface area (Å²) in [6, 6.07) is 15.7. The number of hydrogen-bond donors (Lipinski definition) is 1. The second-order valence-electron chi connectivity index (χ2n) is 6.64. The van der Waals surface area contributed by atoms with Crippen LogP contribution < -0.4 is 4.72 Å². The van der Waals surface area contributed by atoms with Crippen LogP contribution in [0.25, 0.3) is 0 Å². The summed E-state index contributed by atoms with van der Waals surface area (Å²) in [6.07, 6.45) is 0. The summed E-state index contributed by atoms with van der Waals surface area (Å²) in [4.78, 5) is 15.6. The quantitative estimate of drug-likeness (QED) is 0.648. The molecule has 3 rings (SSSR count). The van der Waals surface area contributed by atoms with Gasteiger partial charge in [-0.05, 0) is 54.6 Å². The number of sulfonamides is 1. The van der Waals surface area contributed by atoms with E-state index in [9.17, 15) is 13.2 Å². The average Bonchev–Trinajstić information content (AvgIpc) is 3.16. The molecule has 1 N–H and O–H groups in total. The zero-order valence-corrected chi connectivity index (χ0v) is 17.6. The van der Waals surface area contributed by atoms with Gasteiger partial charge in [-0.1, -0.05) is 30.3 Å². The number of para-hydroxylation sites is 1. The predicted molar refractivity (Wildman–Crippen MR) is 113 cm³/mol. The molecule has 1 aromatic heterocycles. The summed E-state index contributed by atoms with van der Waals surface area (Å²) in [5.74, 6) is -0.209. The highest BCUT2D eigenvalue weighted by molar-refractivity contribution is 7.92. The number of amides is 1. The number of carbonyl (C=O) groups is 1. The minimum atomic E-state index is -3.80. The Morgan fingerprint density at radius 2 is 1.79 bits per heavy atom. The van der Waals surface area contributed by atoms with Crippen LogP contribution >= 0.6 is 11.3 Å². The van der Waals surface area contributed by atoms with Gasteiger partial charge in [-0.15, -0.1) is 11.3 Å². The molecule has 146 valence electrons. The van der Waals surface area contributed by atoms with E-state index in [1.165, 1.54) is 12.1 Å². The van der Waals surface area contributed by atoms with E-state index < -0.39 is 10.0 Å². The van der Waals surface area contributed by atoms with Crippen molar-refractivity contribution >= 4 is 33.0 Å². The normalized spacial score (nSPS) is 11.2. The summed E-state index contributed by atoms with van der Waals surface area (Å²) in [6.45, 7) is 4.12. The summed E-state index contributed by atoms with van der Waals surface area (Å²) in [7, 11) is -2.09. The lowest BCUT2D eigenvalue weighted by Crippen LogP contribution is -2.27. The molecule has 0 spiro atoms. The molecule has 2 aromatic carbocycles. The predicted octanol–water partition coefficient (Wildman–Crippen LogP) is 4.44. The lowest BCUT2D eigenvalue weighted by Gasteiger charge is -2.18. The molecular formula is C21H22N2O3S2. The first kappa shape index (κ1) is 20.1. The highest BCUT2D eigenvalue weighted by Gasteiger charge is 2.21. The van der Waals surface area contributed by atoms with Gasteiger partial charge in [0.2, 0.25) is 0 Å². The topological polar surface area (TPSA) is 66.5 Å². The van der Waals surface area contributed by atoms with Crippen LogP contribution in [0.4, 0.5) is 5.69 Å². The first-order valence-corrected chi connectivity index (χ1v) is 11.1. The van der Waals surface area contributed by atoms with E-state index in [1.54, 1.807) is 48.4 Å². The highest BCUT2D eigenvalue weighted by Crippen LogP contribution is 2.22. The van der Waals surface area contributed by atoms with Crippen LogP contribution in [-0.2, 0) is 16.6 Å². The highest BCUT2D eigenvalue weighted by atomic mass is 32.2. The number of nitrogens with one attached hydrogen (secondary N) is 1. The van der Waals surface area contributed by atoms with Gasteiger partial charge in [0.25, 0.3) is 15.9 Å². The fraction of sp³-hybridized carbons (Fsp3) is 0.190. The first-order chi connectivity index (χ1) is 13.3. The SMILES string of the molecule is Cc1ccccc1NS(=O)(=O)c1ccc(C)c(C(=O)N(C)Cc2cccs2)c1. The zero-order chi connectivity index (χ0) is 20.3. The molecule has 0 atom stereocenters. The number of rotatable bonds is 6. The number of carbonyl (C=O) groups excluding carboxylic acids is 1. The molecule has 0 unspecified atom stereocenters. The summed E-state index contributed by atoms with van der Waals surface area (Å²) in [5, 5.41) is 1.96. The number of nitrogens with zero attached hydrogens (tertiary/aromatic N) is 1. The van der Waals surface area contributed by atoms with Gasteiger partial charge in [0.1, 0.15) is 0 Å². The number of anilines is 1. The van der Waals surface area contributed by atoms with Crippen LogP contribution in [-0.4, -0.2) is 26.3 Å². The van der Waals surface area contributed by atoms with E-state index in [0.29, 0.717) is 17.8 Å². The molecule has 0 fully saturated rings. The largest absolute Gasteiger partial charge is 0.337 e. The molecule has 28 heavy (non-hydrogen) atoms. The van der Waals surface area contributed by atoms with Crippen molar-refractivity contribution in [2.24, 2.45) is 0 Å². The van der Waals surface area contributed by atoms with Gasteiger partial charge in [0.15, 0.2) is 0 Å². The van der Waals surface area contributed by atoms with Gasteiger partial charge >= 0.3 is 0 Å². The van der Waals surface area contributed by atoms with Crippen molar-refractivity contribution in [1.82, 2.24) is 4.90 Å². The van der Waals surface area contributed by atoms with Crippen molar-refractivity contribution < 1.29 is 13.2 Å². The maximum absolute atomic E-state index is 12.9. The third-order valence-corrected chi connectivity index (χ3v) is 6.68. The molecule has 0 aliphatic rings. The van der Waals surface area contributed by atoms with Crippen molar-refractivity contribution in [3.05, 3.63) is 81.5 Å². The van der Waals surface area contributed by atoms with E-state index in [-0.39, 0.29) is 10.8 Å². The maximum atomic E-state index is 12.9. The van der Waals surface area contributed by atoms with Crippen LogP contribution in [0.15, 0.2) is 64.9 Å². The molecule has 0 saturated heterocycles. The minimum absolute atomic E-state index is 0.0641. The number of aryl methyl sites for hydroxylation is 2. The van der Waals surface area contributed by atoms with Crippen molar-refractivity contribution in [3.63, 3.8) is 0 Å². The van der Waals surface area contributed by atoms with Gasteiger partial charge in [-0.3, -0.25) is 9.52 Å².